The van der Waals surface area contributed by atoms with E-state index in [-0.39, 0.29) is 11.9 Å². The molecule has 0 radical (unpaired) electrons. The van der Waals surface area contributed by atoms with Gasteiger partial charge in [-0.15, -0.1) is 0 Å². The molecule has 0 saturated carbocycles. The minimum absolute atomic E-state index is 0.159. The third kappa shape index (κ3) is 2.89. The molecule has 2 rings (SSSR count). The number of hydrogen-bond acceptors (Lipinski definition) is 3. The summed E-state index contributed by atoms with van der Waals surface area (Å²) in [6.45, 7) is 4.44. The van der Waals surface area contributed by atoms with Crippen LogP contribution in [-0.4, -0.2) is 36.6 Å². The number of nitrogens with two attached hydrogens (primary N) is 1. The van der Waals surface area contributed by atoms with Crippen LogP contribution in [0.2, 0.25) is 0 Å². The lowest BCUT2D eigenvalue weighted by atomic mass is 10.0. The highest BCUT2D eigenvalue weighted by atomic mass is 16.5. The predicted molar refractivity (Wildman–Crippen MR) is 70.0 cm³/mol. The van der Waals surface area contributed by atoms with Crippen molar-refractivity contribution in [2.45, 2.75) is 25.9 Å². The van der Waals surface area contributed by atoms with Crippen LogP contribution < -0.4 is 5.73 Å². The van der Waals surface area contributed by atoms with Crippen LogP contribution in [0, 0.1) is 0 Å². The summed E-state index contributed by atoms with van der Waals surface area (Å²) in [6, 6.07) is 8.02. The van der Waals surface area contributed by atoms with E-state index >= 15 is 0 Å². The minimum Gasteiger partial charge on any atom is -0.377 e. The fraction of sp³-hybridized carbons (Fsp3) is 0.500. The van der Waals surface area contributed by atoms with Gasteiger partial charge in [-0.25, -0.2) is 0 Å². The second-order valence-corrected chi connectivity index (χ2v) is 4.66. The zero-order valence-corrected chi connectivity index (χ0v) is 10.8. The van der Waals surface area contributed by atoms with Gasteiger partial charge in [0, 0.05) is 13.1 Å². The summed E-state index contributed by atoms with van der Waals surface area (Å²) in [5.74, 6) is 0.159. The monoisotopic (exact) mass is 248 g/mol. The summed E-state index contributed by atoms with van der Waals surface area (Å²) in [5.41, 5.74) is 7.77. The number of carbonyl (C=O) groups is 1. The molecular formula is C14H20N2O2. The Morgan fingerprint density at radius 2 is 2.17 bits per heavy atom. The molecule has 1 aromatic rings. The maximum Gasteiger partial charge on any atom is 0.227 e. The van der Waals surface area contributed by atoms with Gasteiger partial charge in [0.15, 0.2) is 0 Å². The number of amides is 1. The number of carbonyl (C=O) groups excluding carboxylic acids is 1. The van der Waals surface area contributed by atoms with Crippen molar-refractivity contribution in [1.82, 2.24) is 4.90 Å². The molecule has 98 valence electrons. The predicted octanol–water partition coefficient (Wildman–Crippen LogP) is 0.935. The first-order chi connectivity index (χ1) is 8.72. The van der Waals surface area contributed by atoms with Crippen molar-refractivity contribution in [2.24, 2.45) is 5.73 Å². The molecule has 1 heterocycles. The average Bonchev–Trinajstić information content (AvgIpc) is 2.39. The third-order valence-corrected chi connectivity index (χ3v) is 3.37. The van der Waals surface area contributed by atoms with Gasteiger partial charge in [-0.1, -0.05) is 24.3 Å². The van der Waals surface area contributed by atoms with Crippen LogP contribution in [0.15, 0.2) is 24.3 Å². The van der Waals surface area contributed by atoms with E-state index in [1.807, 2.05) is 36.1 Å². The molecule has 18 heavy (non-hydrogen) atoms. The lowest BCUT2D eigenvalue weighted by Gasteiger charge is -2.33. The molecule has 1 aliphatic heterocycles. The van der Waals surface area contributed by atoms with Crippen molar-refractivity contribution in [3.63, 3.8) is 0 Å². The summed E-state index contributed by atoms with van der Waals surface area (Å²) in [5, 5.41) is 0. The first-order valence-electron chi connectivity index (χ1n) is 6.36. The zero-order chi connectivity index (χ0) is 13.0. The molecule has 1 saturated heterocycles. The number of hydrogen-bond donors (Lipinski definition) is 1. The van der Waals surface area contributed by atoms with Crippen LogP contribution in [0.1, 0.15) is 18.1 Å². The van der Waals surface area contributed by atoms with Crippen LogP contribution in [0.5, 0.6) is 0 Å². The Hall–Kier alpha value is -1.39. The van der Waals surface area contributed by atoms with Gasteiger partial charge >= 0.3 is 0 Å². The van der Waals surface area contributed by atoms with Crippen LogP contribution in [0.25, 0.3) is 0 Å². The van der Waals surface area contributed by atoms with E-state index in [0.29, 0.717) is 32.7 Å². The normalized spacial score (nSPS) is 19.9. The van der Waals surface area contributed by atoms with Gasteiger partial charge in [-0.3, -0.25) is 4.79 Å². The average molecular weight is 248 g/mol. The van der Waals surface area contributed by atoms with Gasteiger partial charge in [-0.05, 0) is 18.1 Å². The van der Waals surface area contributed by atoms with E-state index in [0.717, 1.165) is 11.1 Å². The quantitative estimate of drug-likeness (QED) is 0.866. The van der Waals surface area contributed by atoms with Gasteiger partial charge in [0.25, 0.3) is 0 Å². The van der Waals surface area contributed by atoms with Gasteiger partial charge in [0.05, 0.1) is 25.7 Å². The van der Waals surface area contributed by atoms with Gasteiger partial charge in [0.1, 0.15) is 0 Å². The lowest BCUT2D eigenvalue weighted by molar-refractivity contribution is -0.138. The van der Waals surface area contributed by atoms with Crippen molar-refractivity contribution >= 4 is 5.91 Å². The van der Waals surface area contributed by atoms with Gasteiger partial charge in [-0.2, -0.15) is 0 Å². The summed E-state index contributed by atoms with van der Waals surface area (Å²) in [7, 11) is 0. The minimum atomic E-state index is 0.159. The molecule has 0 bridgehead atoms. The highest BCUT2D eigenvalue weighted by Gasteiger charge is 2.23. The Balaban J connectivity index is 2.06. The van der Waals surface area contributed by atoms with E-state index in [1.54, 1.807) is 0 Å². The Labute approximate surface area is 108 Å². The molecule has 1 aliphatic rings. The summed E-state index contributed by atoms with van der Waals surface area (Å²) in [4.78, 5) is 14.2. The topological polar surface area (TPSA) is 55.6 Å². The standard InChI is InChI=1S/C14H20N2O2/c1-11-10-18-7-6-16(11)14(17)8-12-4-2-3-5-13(12)9-15/h2-5,11H,6-10,15H2,1H3. The maximum absolute atomic E-state index is 12.3. The fourth-order valence-electron chi connectivity index (χ4n) is 2.29. The summed E-state index contributed by atoms with van der Waals surface area (Å²) >= 11 is 0. The Bertz CT molecular complexity index is 420. The molecule has 0 aromatic heterocycles. The van der Waals surface area contributed by atoms with Crippen LogP contribution >= 0.6 is 0 Å². The highest BCUT2D eigenvalue weighted by molar-refractivity contribution is 5.79. The van der Waals surface area contributed by atoms with Crippen molar-refractivity contribution in [1.29, 1.82) is 0 Å². The number of benzene rings is 1. The van der Waals surface area contributed by atoms with Crippen molar-refractivity contribution in [3.8, 4) is 0 Å². The van der Waals surface area contributed by atoms with Crippen molar-refractivity contribution < 1.29 is 9.53 Å². The van der Waals surface area contributed by atoms with Crippen LogP contribution in [0.4, 0.5) is 0 Å². The number of rotatable bonds is 3. The second-order valence-electron chi connectivity index (χ2n) is 4.66. The van der Waals surface area contributed by atoms with Crippen molar-refractivity contribution in [2.75, 3.05) is 19.8 Å². The molecule has 1 unspecified atom stereocenters. The first kappa shape index (κ1) is 13.1. The molecule has 2 N–H and O–H groups in total. The molecule has 1 atom stereocenters. The first-order valence-corrected chi connectivity index (χ1v) is 6.36. The van der Waals surface area contributed by atoms with Gasteiger partial charge < -0.3 is 15.4 Å². The number of nitrogens with zero attached hydrogens (tertiary/aromatic N) is 1. The molecule has 0 aliphatic carbocycles. The smallest absolute Gasteiger partial charge is 0.227 e. The Morgan fingerprint density at radius 1 is 1.44 bits per heavy atom. The lowest BCUT2D eigenvalue weighted by Crippen LogP contribution is -2.47. The highest BCUT2D eigenvalue weighted by Crippen LogP contribution is 2.13. The third-order valence-electron chi connectivity index (χ3n) is 3.37. The van der Waals surface area contributed by atoms with Gasteiger partial charge in [0.2, 0.25) is 5.91 Å². The Kier molecular flexibility index (Phi) is 4.33. The van der Waals surface area contributed by atoms with Crippen LogP contribution in [0.3, 0.4) is 0 Å². The summed E-state index contributed by atoms with van der Waals surface area (Å²) < 4.78 is 5.34. The number of morpholine rings is 1. The van der Waals surface area contributed by atoms with E-state index < -0.39 is 0 Å². The van der Waals surface area contributed by atoms with Crippen molar-refractivity contribution in [3.05, 3.63) is 35.4 Å². The molecule has 4 nitrogen and oxygen atoms in total. The summed E-state index contributed by atoms with van der Waals surface area (Å²) in [6.07, 6.45) is 0.428. The molecule has 0 spiro atoms. The molecule has 1 aromatic carbocycles. The fourth-order valence-corrected chi connectivity index (χ4v) is 2.29. The molecular weight excluding hydrogens is 228 g/mol. The Morgan fingerprint density at radius 3 is 2.83 bits per heavy atom. The zero-order valence-electron chi connectivity index (χ0n) is 10.8. The molecule has 4 heteroatoms. The molecule has 1 amide bonds. The van der Waals surface area contributed by atoms with E-state index in [2.05, 4.69) is 0 Å². The molecule has 1 fully saturated rings. The maximum atomic E-state index is 12.3. The van der Waals surface area contributed by atoms with E-state index in [1.165, 1.54) is 0 Å². The largest absolute Gasteiger partial charge is 0.377 e. The van der Waals surface area contributed by atoms with Crippen LogP contribution in [-0.2, 0) is 22.5 Å². The van der Waals surface area contributed by atoms with E-state index in [4.69, 9.17) is 10.5 Å². The second kappa shape index (κ2) is 5.98. The SMILES string of the molecule is CC1COCCN1C(=O)Cc1ccccc1CN. The van der Waals surface area contributed by atoms with E-state index in [9.17, 15) is 4.79 Å². The number of ether oxygens (including phenoxy) is 1.